The molecule has 1 radical (unpaired) electrons. The van der Waals surface area contributed by atoms with Gasteiger partial charge >= 0.3 is 0 Å². The van der Waals surface area contributed by atoms with Gasteiger partial charge in [0.1, 0.15) is 0 Å². The molecule has 3 aromatic carbocycles. The SMILES string of the molecule is CC(=O)/C=C(/C)O.Cc1cccc2c1ncc1c(-c3[c-]c4ccccc4c(C(C)(C)C)c3)nccc12.[Ir]. The number of nitrogens with zero attached hydrogens (tertiary/aromatic N) is 2. The van der Waals surface area contributed by atoms with E-state index in [4.69, 9.17) is 15.1 Å². The van der Waals surface area contributed by atoms with Gasteiger partial charge in [-0.15, -0.1) is 29.1 Å². The van der Waals surface area contributed by atoms with Crippen molar-refractivity contribution >= 4 is 38.2 Å². The summed E-state index contributed by atoms with van der Waals surface area (Å²) in [6, 6.07) is 22.8. The number of fused-ring (bicyclic) bond motifs is 4. The van der Waals surface area contributed by atoms with Gasteiger partial charge in [-0.3, -0.25) is 14.8 Å². The summed E-state index contributed by atoms with van der Waals surface area (Å²) < 4.78 is 0. The molecule has 1 N–H and O–H groups in total. The number of ketones is 1. The van der Waals surface area contributed by atoms with E-state index in [-0.39, 0.29) is 37.1 Å². The van der Waals surface area contributed by atoms with Crippen molar-refractivity contribution in [3.63, 3.8) is 0 Å². The van der Waals surface area contributed by atoms with Gasteiger partial charge in [-0.05, 0) is 48.6 Å². The molecule has 2 heterocycles. The number of pyridine rings is 2. The number of aliphatic hydroxyl groups excluding tert-OH is 1. The second kappa shape index (κ2) is 11.3. The van der Waals surface area contributed by atoms with Gasteiger partial charge in [0.15, 0.2) is 5.78 Å². The molecule has 0 atom stereocenters. The maximum Gasteiger partial charge on any atom is 0.155 e. The van der Waals surface area contributed by atoms with Crippen molar-refractivity contribution in [2.75, 3.05) is 0 Å². The molecule has 0 unspecified atom stereocenters. The predicted molar refractivity (Wildman–Crippen MR) is 149 cm³/mol. The Kier molecular flexibility index (Phi) is 8.63. The molecule has 0 amide bonds. The largest absolute Gasteiger partial charge is 0.512 e. The Labute approximate surface area is 231 Å². The number of allylic oxidation sites excluding steroid dienone is 2. The first kappa shape index (κ1) is 28.2. The first-order chi connectivity index (χ1) is 17.1. The summed E-state index contributed by atoms with van der Waals surface area (Å²) in [5, 5.41) is 14.2. The predicted octanol–water partition coefficient (Wildman–Crippen LogP) is 8.04. The first-order valence-electron chi connectivity index (χ1n) is 12.0. The molecule has 0 fully saturated rings. The van der Waals surface area contributed by atoms with Gasteiger partial charge < -0.3 is 5.11 Å². The number of aliphatic hydroxyl groups is 1. The van der Waals surface area contributed by atoms with Crippen LogP contribution in [0.15, 0.2) is 78.8 Å². The van der Waals surface area contributed by atoms with Crippen molar-refractivity contribution in [2.45, 2.75) is 47.0 Å². The summed E-state index contributed by atoms with van der Waals surface area (Å²) in [5.41, 5.74) is 5.54. The molecular weight excluding hydrogens is 637 g/mol. The summed E-state index contributed by atoms with van der Waals surface area (Å²) in [6.07, 6.45) is 5.03. The van der Waals surface area contributed by atoms with Crippen LogP contribution in [0, 0.1) is 13.0 Å². The van der Waals surface area contributed by atoms with E-state index in [0.29, 0.717) is 0 Å². The van der Waals surface area contributed by atoms with Gasteiger partial charge in [0.05, 0.1) is 11.3 Å². The Bertz CT molecular complexity index is 1630. The van der Waals surface area contributed by atoms with Crippen molar-refractivity contribution in [1.82, 2.24) is 9.97 Å². The Morgan fingerprint density at radius 1 is 0.919 bits per heavy atom. The van der Waals surface area contributed by atoms with Gasteiger partial charge in [-0.1, -0.05) is 68.1 Å². The van der Waals surface area contributed by atoms with E-state index in [1.54, 1.807) is 0 Å². The molecule has 0 bridgehead atoms. The second-order valence-corrected chi connectivity index (χ2v) is 10.1. The van der Waals surface area contributed by atoms with Crippen LogP contribution >= 0.6 is 0 Å². The van der Waals surface area contributed by atoms with Gasteiger partial charge in [0.25, 0.3) is 0 Å². The zero-order valence-corrected chi connectivity index (χ0v) is 24.4. The smallest absolute Gasteiger partial charge is 0.155 e. The molecule has 2 aromatic heterocycles. The summed E-state index contributed by atoms with van der Waals surface area (Å²) in [7, 11) is 0. The summed E-state index contributed by atoms with van der Waals surface area (Å²) in [5.74, 6) is -0.0625. The third-order valence-electron chi connectivity index (χ3n) is 6.09. The molecule has 5 aromatic rings. The molecule has 37 heavy (non-hydrogen) atoms. The molecule has 0 spiro atoms. The fourth-order valence-electron chi connectivity index (χ4n) is 4.50. The third kappa shape index (κ3) is 6.12. The standard InChI is InChI=1S/C27H23N2.C5H8O2.Ir/c1-17-8-7-11-22-21-12-13-28-26(23(21)16-29-25(17)22)19-14-18-9-5-6-10-20(18)24(15-19)27(2,3)4;1-4(6)3-5(2)7;/h5-13,15-16H,1-4H3;3,6H,1-2H3;/q-1;;/b;4-3-;. The van der Waals surface area contributed by atoms with Crippen LogP contribution in [-0.2, 0) is 30.3 Å². The Morgan fingerprint density at radius 3 is 2.27 bits per heavy atom. The number of hydrogen-bond acceptors (Lipinski definition) is 4. The zero-order chi connectivity index (χ0) is 26.0. The number of benzene rings is 3. The fraction of sp³-hybridized carbons (Fsp3) is 0.219. The van der Waals surface area contributed by atoms with Crippen LogP contribution in [0.5, 0.6) is 0 Å². The van der Waals surface area contributed by atoms with Gasteiger partial charge in [-0.2, -0.15) is 0 Å². The van der Waals surface area contributed by atoms with Gasteiger partial charge in [0.2, 0.25) is 0 Å². The van der Waals surface area contributed by atoms with Crippen LogP contribution in [0.2, 0.25) is 0 Å². The minimum absolute atomic E-state index is 0. The van der Waals surface area contributed by atoms with E-state index < -0.39 is 0 Å². The summed E-state index contributed by atoms with van der Waals surface area (Å²) in [4.78, 5) is 19.6. The minimum atomic E-state index is -0.125. The van der Waals surface area contributed by atoms with Crippen molar-refractivity contribution in [2.24, 2.45) is 0 Å². The monoisotopic (exact) mass is 668 g/mol. The molecular formula is C32H31IrN2O2-. The normalized spacial score (nSPS) is 11.7. The maximum atomic E-state index is 10.0. The second-order valence-electron chi connectivity index (χ2n) is 10.1. The number of rotatable bonds is 2. The third-order valence-corrected chi connectivity index (χ3v) is 6.09. The average molecular weight is 668 g/mol. The van der Waals surface area contributed by atoms with Crippen LogP contribution in [0.1, 0.15) is 45.7 Å². The molecule has 4 nitrogen and oxygen atoms in total. The number of hydrogen-bond donors (Lipinski definition) is 1. The molecule has 0 aliphatic rings. The van der Waals surface area contributed by atoms with Crippen molar-refractivity contribution in [3.8, 4) is 11.3 Å². The van der Waals surface area contributed by atoms with E-state index in [2.05, 4.69) is 88.4 Å². The van der Waals surface area contributed by atoms with Gasteiger partial charge in [-0.25, -0.2) is 0 Å². The Balaban J connectivity index is 0.000000422. The number of aryl methyl sites for hydroxylation is 1. The quantitative estimate of drug-likeness (QED) is 0.0896. The summed E-state index contributed by atoms with van der Waals surface area (Å²) >= 11 is 0. The van der Waals surface area contributed by atoms with Crippen LogP contribution in [0.3, 0.4) is 0 Å². The average Bonchev–Trinajstić information content (AvgIpc) is 2.82. The van der Waals surface area contributed by atoms with Gasteiger partial charge in [0, 0.05) is 49.7 Å². The number of carbonyl (C=O) groups is 1. The molecule has 0 aliphatic heterocycles. The van der Waals surface area contributed by atoms with E-state index in [1.807, 2.05) is 12.4 Å². The Hall–Kier alpha value is -3.40. The molecule has 191 valence electrons. The molecule has 5 heteroatoms. The first-order valence-corrected chi connectivity index (χ1v) is 12.0. The van der Waals surface area contributed by atoms with E-state index in [0.717, 1.165) is 27.5 Å². The van der Waals surface area contributed by atoms with Crippen molar-refractivity contribution < 1.29 is 30.0 Å². The van der Waals surface area contributed by atoms with E-state index >= 15 is 0 Å². The minimum Gasteiger partial charge on any atom is -0.512 e. The fourth-order valence-corrected chi connectivity index (χ4v) is 4.50. The van der Waals surface area contributed by atoms with Crippen molar-refractivity contribution in [3.05, 3.63) is 96.0 Å². The van der Waals surface area contributed by atoms with Crippen LogP contribution in [0.4, 0.5) is 0 Å². The number of carbonyl (C=O) groups excluding carboxylic acids is 1. The van der Waals surface area contributed by atoms with Crippen molar-refractivity contribution in [1.29, 1.82) is 0 Å². The molecule has 0 saturated carbocycles. The number of para-hydroxylation sites is 1. The van der Waals surface area contributed by atoms with E-state index in [1.165, 1.54) is 47.2 Å². The Morgan fingerprint density at radius 2 is 1.62 bits per heavy atom. The summed E-state index contributed by atoms with van der Waals surface area (Å²) in [6.45, 7) is 11.7. The molecule has 0 aliphatic carbocycles. The topological polar surface area (TPSA) is 63.1 Å². The van der Waals surface area contributed by atoms with Crippen LogP contribution in [-0.4, -0.2) is 20.9 Å². The molecule has 5 rings (SSSR count). The van der Waals surface area contributed by atoms with E-state index in [9.17, 15) is 4.79 Å². The zero-order valence-electron chi connectivity index (χ0n) is 22.0. The maximum absolute atomic E-state index is 10.0. The number of aromatic nitrogens is 2. The molecule has 0 saturated heterocycles. The van der Waals surface area contributed by atoms with Crippen LogP contribution < -0.4 is 0 Å². The van der Waals surface area contributed by atoms with Crippen LogP contribution in [0.25, 0.3) is 43.7 Å².